The number of nitrogens with zero attached hydrogens (tertiary/aromatic N) is 1. The Hall–Kier alpha value is -1.54. The molecule has 0 unspecified atom stereocenters. The first-order chi connectivity index (χ1) is 7.65. The lowest BCUT2D eigenvalue weighted by molar-refractivity contribution is -0.193. The Morgan fingerprint density at radius 1 is 1.29 bits per heavy atom. The molecule has 2 amide bonds. The van der Waals surface area contributed by atoms with E-state index >= 15 is 0 Å². The molecule has 0 atom stereocenters. The highest BCUT2D eigenvalue weighted by atomic mass is 31.2. The fourth-order valence-electron chi connectivity index (χ4n) is 0.785. The molecule has 10 heteroatoms. The number of hydrogen-bond acceptors (Lipinski definition) is 5. The third-order valence-corrected chi connectivity index (χ3v) is 1.35. The van der Waals surface area contributed by atoms with Crippen molar-refractivity contribution < 1.29 is 38.5 Å². The molecule has 9 nitrogen and oxygen atoms in total. The van der Waals surface area contributed by atoms with Crippen molar-refractivity contribution in [1.29, 1.82) is 0 Å². The van der Waals surface area contributed by atoms with Crippen LogP contribution >= 0.6 is 7.82 Å². The molecule has 1 fully saturated rings. The van der Waals surface area contributed by atoms with Gasteiger partial charge in [0.25, 0.3) is 11.8 Å². The molecule has 0 aromatic carbocycles. The van der Waals surface area contributed by atoms with E-state index in [1.807, 2.05) is 0 Å². The van der Waals surface area contributed by atoms with Gasteiger partial charge in [-0.15, -0.1) is 5.06 Å². The summed E-state index contributed by atoms with van der Waals surface area (Å²) in [5.74, 6) is -1.79. The van der Waals surface area contributed by atoms with Gasteiger partial charge < -0.3 is 19.5 Å². The lowest BCUT2D eigenvalue weighted by Gasteiger charge is -2.09. The van der Waals surface area contributed by atoms with Crippen molar-refractivity contribution in [2.24, 2.45) is 0 Å². The molecule has 96 valence electrons. The molecule has 0 aliphatic carbocycles. The maximum Gasteiger partial charge on any atom is 0.466 e. The maximum absolute atomic E-state index is 10.8. The number of hydrogen-bond donors (Lipinski definition) is 3. The van der Waals surface area contributed by atoms with Crippen LogP contribution in [0.5, 0.6) is 0 Å². The van der Waals surface area contributed by atoms with Gasteiger partial charge in [0.15, 0.2) is 0 Å². The molecule has 0 aromatic rings. The molecule has 0 radical (unpaired) electrons. The number of hydroxylamine groups is 2. The van der Waals surface area contributed by atoms with Crippen molar-refractivity contribution in [3.63, 3.8) is 0 Å². The molecule has 0 aromatic heterocycles. The Morgan fingerprint density at radius 2 is 1.65 bits per heavy atom. The first-order valence-electron chi connectivity index (χ1n) is 4.13. The first-order valence-corrected chi connectivity index (χ1v) is 5.70. The van der Waals surface area contributed by atoms with Gasteiger partial charge in [-0.1, -0.05) is 6.58 Å². The van der Waals surface area contributed by atoms with Gasteiger partial charge in [0, 0.05) is 18.9 Å². The second-order valence-electron chi connectivity index (χ2n) is 2.71. The van der Waals surface area contributed by atoms with E-state index in [1.54, 1.807) is 0 Å². The van der Waals surface area contributed by atoms with Crippen molar-refractivity contribution in [1.82, 2.24) is 5.06 Å². The minimum Gasteiger partial charge on any atom is -0.326 e. The normalized spacial score (nSPS) is 15.1. The van der Waals surface area contributed by atoms with E-state index < -0.39 is 25.6 Å². The quantitative estimate of drug-likeness (QED) is 0.323. The van der Waals surface area contributed by atoms with Crippen LogP contribution < -0.4 is 0 Å². The zero-order valence-electron chi connectivity index (χ0n) is 8.48. The molecular formula is C7H10NO8P. The van der Waals surface area contributed by atoms with E-state index in [0.29, 0.717) is 5.06 Å². The molecule has 1 aliphatic heterocycles. The van der Waals surface area contributed by atoms with E-state index in [0.717, 1.165) is 6.08 Å². The van der Waals surface area contributed by atoms with Crippen LogP contribution in [0.4, 0.5) is 0 Å². The molecule has 0 spiro atoms. The van der Waals surface area contributed by atoms with Gasteiger partial charge in [-0.05, 0) is 0 Å². The second-order valence-corrected chi connectivity index (χ2v) is 3.74. The predicted molar refractivity (Wildman–Crippen MR) is 51.6 cm³/mol. The number of phosphoric acid groups is 1. The average molecular weight is 267 g/mol. The fourth-order valence-corrected chi connectivity index (χ4v) is 0.785. The molecule has 17 heavy (non-hydrogen) atoms. The Bertz CT molecular complexity index is 361. The van der Waals surface area contributed by atoms with Crippen LogP contribution in [-0.4, -0.2) is 37.5 Å². The van der Waals surface area contributed by atoms with Crippen LogP contribution in [0, 0.1) is 0 Å². The number of amides is 2. The Balaban J connectivity index is 0.000000437. The second kappa shape index (κ2) is 6.26. The molecular weight excluding hydrogens is 257 g/mol. The molecule has 0 bridgehead atoms. The van der Waals surface area contributed by atoms with Crippen LogP contribution in [0.2, 0.25) is 0 Å². The molecule has 1 saturated heterocycles. The van der Waals surface area contributed by atoms with E-state index in [9.17, 15) is 14.4 Å². The summed E-state index contributed by atoms with van der Waals surface area (Å²) in [4.78, 5) is 58.2. The SMILES string of the molecule is C=CC(=O)ON1C(=O)CCC1=O.O=P(O)(O)O. The van der Waals surface area contributed by atoms with Gasteiger partial charge in [-0.25, -0.2) is 9.36 Å². The van der Waals surface area contributed by atoms with Crippen molar-refractivity contribution >= 4 is 25.6 Å². The minimum atomic E-state index is -4.64. The van der Waals surface area contributed by atoms with E-state index in [1.165, 1.54) is 0 Å². The molecule has 1 heterocycles. The van der Waals surface area contributed by atoms with Crippen molar-refractivity contribution in [3.05, 3.63) is 12.7 Å². The largest absolute Gasteiger partial charge is 0.466 e. The number of rotatable bonds is 2. The van der Waals surface area contributed by atoms with Crippen molar-refractivity contribution in [2.45, 2.75) is 12.8 Å². The molecule has 0 saturated carbocycles. The Kier molecular flexibility index (Phi) is 5.69. The highest BCUT2D eigenvalue weighted by Gasteiger charge is 2.32. The average Bonchev–Trinajstić information content (AvgIpc) is 2.46. The minimum absolute atomic E-state index is 0.100. The highest BCUT2D eigenvalue weighted by molar-refractivity contribution is 7.45. The summed E-state index contributed by atoms with van der Waals surface area (Å²) in [7, 11) is -4.64. The third kappa shape index (κ3) is 7.36. The zero-order chi connectivity index (χ0) is 13.6. The molecule has 3 N–H and O–H groups in total. The summed E-state index contributed by atoms with van der Waals surface area (Å²) in [5, 5.41) is 0.476. The summed E-state index contributed by atoms with van der Waals surface area (Å²) in [6, 6.07) is 0. The fraction of sp³-hybridized carbons (Fsp3) is 0.286. The zero-order valence-corrected chi connectivity index (χ0v) is 9.37. The summed E-state index contributed by atoms with van der Waals surface area (Å²) in [6.45, 7) is 3.13. The maximum atomic E-state index is 10.8. The number of carbonyl (C=O) groups is 3. The predicted octanol–water partition coefficient (Wildman–Crippen LogP) is -1.15. The van der Waals surface area contributed by atoms with Crippen LogP contribution in [0.25, 0.3) is 0 Å². The van der Waals surface area contributed by atoms with Gasteiger partial charge in [-0.3, -0.25) is 9.59 Å². The smallest absolute Gasteiger partial charge is 0.326 e. The molecule has 1 rings (SSSR count). The van der Waals surface area contributed by atoms with Gasteiger partial charge in [-0.2, -0.15) is 0 Å². The van der Waals surface area contributed by atoms with Crippen LogP contribution in [0.3, 0.4) is 0 Å². The number of carbonyl (C=O) groups excluding carboxylic acids is 3. The van der Waals surface area contributed by atoms with Crippen molar-refractivity contribution in [2.75, 3.05) is 0 Å². The standard InChI is InChI=1S/C7H7NO4.H3O4P/c1-2-7(11)12-8-5(9)3-4-6(8)10;1-5(2,3)4/h2H,1,3-4H2;(H3,1,2,3,4). The lowest BCUT2D eigenvalue weighted by atomic mass is 10.4. The summed E-state index contributed by atoms with van der Waals surface area (Å²) >= 11 is 0. The molecule has 1 aliphatic rings. The third-order valence-electron chi connectivity index (χ3n) is 1.35. The van der Waals surface area contributed by atoms with Gasteiger partial charge in [0.2, 0.25) is 0 Å². The Morgan fingerprint density at radius 3 is 1.94 bits per heavy atom. The van der Waals surface area contributed by atoms with E-state index in [4.69, 9.17) is 19.2 Å². The highest BCUT2D eigenvalue weighted by Crippen LogP contribution is 2.25. The summed E-state index contributed by atoms with van der Waals surface area (Å²) in [6.07, 6.45) is 1.09. The topological polar surface area (TPSA) is 141 Å². The lowest BCUT2D eigenvalue weighted by Crippen LogP contribution is -2.31. The summed E-state index contributed by atoms with van der Waals surface area (Å²) in [5.41, 5.74) is 0. The van der Waals surface area contributed by atoms with Crippen LogP contribution in [-0.2, 0) is 23.8 Å². The van der Waals surface area contributed by atoms with Crippen LogP contribution in [0.15, 0.2) is 12.7 Å². The van der Waals surface area contributed by atoms with Crippen LogP contribution in [0.1, 0.15) is 12.8 Å². The first kappa shape index (κ1) is 15.5. The Labute approximate surface area is 95.5 Å². The number of imide groups is 1. The van der Waals surface area contributed by atoms with E-state index in [2.05, 4.69) is 11.4 Å². The summed E-state index contributed by atoms with van der Waals surface area (Å²) < 4.78 is 8.88. The van der Waals surface area contributed by atoms with Gasteiger partial charge in [0.05, 0.1) is 0 Å². The van der Waals surface area contributed by atoms with Gasteiger partial charge in [0.1, 0.15) is 0 Å². The van der Waals surface area contributed by atoms with E-state index in [-0.39, 0.29) is 12.8 Å². The monoisotopic (exact) mass is 267 g/mol. The van der Waals surface area contributed by atoms with Gasteiger partial charge >= 0.3 is 13.8 Å². The van der Waals surface area contributed by atoms with Crippen molar-refractivity contribution in [3.8, 4) is 0 Å².